The fraction of sp³-hybridized carbons (Fsp3) is 0.171. The van der Waals surface area contributed by atoms with Crippen molar-refractivity contribution in [3.63, 3.8) is 0 Å². The van der Waals surface area contributed by atoms with E-state index in [-0.39, 0.29) is 56.2 Å². The van der Waals surface area contributed by atoms with E-state index < -0.39 is 116 Å². The molecule has 1 aromatic heterocycles. The van der Waals surface area contributed by atoms with E-state index in [1.54, 1.807) is 132 Å². The molecule has 502 valence electrons. The van der Waals surface area contributed by atoms with Crippen LogP contribution in [0.15, 0.2) is 277 Å². The lowest BCUT2D eigenvalue weighted by Crippen LogP contribution is -2.67. The Morgan fingerprint density at radius 1 is 0.364 bits per heavy atom. The van der Waals surface area contributed by atoms with Crippen LogP contribution in [-0.4, -0.2) is 121 Å². The second kappa shape index (κ2) is 33.3. The topological polar surface area (TPSA) is 241 Å². The lowest BCUT2D eigenvalue weighted by molar-refractivity contribution is -0.338. The van der Waals surface area contributed by atoms with Gasteiger partial charge in [0.1, 0.15) is 31.5 Å². The first-order chi connectivity index (χ1) is 47.9. The Morgan fingerprint density at radius 3 is 1.09 bits per heavy atom. The molecule has 9 aromatic carbocycles. The van der Waals surface area contributed by atoms with Crippen molar-refractivity contribution in [3.05, 3.63) is 321 Å². The number of para-hydroxylation sites is 1. The molecule has 0 saturated carbocycles. The van der Waals surface area contributed by atoms with Gasteiger partial charge in [-0.05, 0) is 137 Å². The second-order valence-electron chi connectivity index (χ2n) is 22.3. The molecule has 0 aliphatic carbocycles. The second-order valence-corrected chi connectivity index (χ2v) is 24.4. The van der Waals surface area contributed by atoms with Crippen LogP contribution in [0.1, 0.15) is 78.1 Å². The molecule has 2 fully saturated rings. The molecule has 0 spiro atoms. The summed E-state index contributed by atoms with van der Waals surface area (Å²) in [7, 11) is 2.47. The minimum atomic E-state index is -2.11. The van der Waals surface area contributed by atoms with Gasteiger partial charge in [-0.25, -0.2) is 43.5 Å². The highest BCUT2D eigenvalue weighted by Crippen LogP contribution is 2.38. The molecule has 23 heteroatoms. The first kappa shape index (κ1) is 69.4. The Morgan fingerprint density at radius 2 is 0.687 bits per heavy atom. The minimum Gasteiger partial charge on any atom is -0.459 e. The normalized spacial score (nSPS) is 20.5. The molecule has 0 amide bonds. The zero-order valence-electron chi connectivity index (χ0n) is 52.6. The van der Waals surface area contributed by atoms with Crippen molar-refractivity contribution in [2.24, 2.45) is 9.98 Å². The first-order valence-electron chi connectivity index (χ1n) is 31.0. The summed E-state index contributed by atoms with van der Waals surface area (Å²) in [5.41, 5.74) is 2.59. The molecule has 2 aliphatic heterocycles. The molecule has 2 aliphatic rings. The van der Waals surface area contributed by atoms with E-state index in [0.29, 0.717) is 16.2 Å². The Kier molecular flexibility index (Phi) is 23.3. The van der Waals surface area contributed by atoms with Gasteiger partial charge in [0, 0.05) is 0 Å². The van der Waals surface area contributed by atoms with Crippen LogP contribution in [0.4, 0.5) is 5.69 Å². The number of aromatic nitrogens is 1. The largest absolute Gasteiger partial charge is 0.459 e. The molecule has 0 N–H and O–H groups in total. The van der Waals surface area contributed by atoms with Crippen molar-refractivity contribution in [1.82, 2.24) is 4.57 Å². The predicted molar refractivity (Wildman–Crippen MR) is 365 cm³/mol. The Hall–Kier alpha value is -11.0. The van der Waals surface area contributed by atoms with Gasteiger partial charge in [-0.3, -0.25) is 4.57 Å². The molecular formula is C76H62ClN3O17S2. The van der Waals surface area contributed by atoms with Gasteiger partial charge < -0.3 is 47.4 Å². The summed E-state index contributed by atoms with van der Waals surface area (Å²) >= 11 is 0. The first-order valence-corrected chi connectivity index (χ1v) is 33.2. The van der Waals surface area contributed by atoms with Crippen molar-refractivity contribution in [1.29, 1.82) is 0 Å². The van der Waals surface area contributed by atoms with Crippen molar-refractivity contribution >= 4 is 80.6 Å². The summed E-state index contributed by atoms with van der Waals surface area (Å²) in [6.45, 7) is 0.453. The summed E-state index contributed by atoms with van der Waals surface area (Å²) in [4.78, 5) is 114. The number of benzene rings is 9. The fourth-order valence-electron chi connectivity index (χ4n) is 10.7. The standard InChI is InChI=1S/C76H61N3O17S2.ClH/c1-48-42-44-57(45-43-48)79-75(77-56-40-24-9-25-41-56)97-98-76(79)78-66-64(94-72(85)54-36-20-7-21-37-54)62(92-70(83)52-32-16-5-17-33-52)61(58(89-66)46-87-67(80)49-26-10-2-11-27-49)96-74-65(95-73(86)55-38-22-8-23-39-55)63(93-71(84)53-34-18-6-19-35-53)60(91-69(82)51-30-14-4-15-31-51)59(90-74)47-88-68(81)50-28-12-3-13-29-50;/h2-45,58-66,74H,46-47H2,1H3;1H/b77-75?,78-76+;/t58-,59-,60+,61-,62+,63+,64-,65-,66-,74+;/m1./s1. The fourth-order valence-corrected chi connectivity index (χ4v) is 12.9. The van der Waals surface area contributed by atoms with Gasteiger partial charge in [-0.1, -0.05) is 163 Å². The third-order valence-electron chi connectivity index (χ3n) is 15.6. The number of carbonyl (C=O) groups is 7. The van der Waals surface area contributed by atoms with Crippen LogP contribution in [-0.2, 0) is 47.4 Å². The summed E-state index contributed by atoms with van der Waals surface area (Å²) in [6.07, 6.45) is -18.6. The molecule has 0 unspecified atom stereocenters. The molecule has 2 saturated heterocycles. The SMILES string of the molecule is Cc1ccc(-n2c(=Nc3ccccc3)ss/c2=N/[C@@H]2O[C@H](COC(=O)c3ccccc3)[C@@H](O[C@@H]3O[C@H](COC(=O)c4ccccc4)[C@H](OC(=O)c4ccccc4)[C@H](OC(=O)c4ccccc4)[C@H]3OC(=O)c3ccccc3)[C@H](OC(=O)c3ccccc3)[C@H]2OC(=O)c2ccccc2)cc1.Cl. The number of halogens is 1. The average molecular weight is 1390 g/mol. The maximum atomic E-state index is 15.1. The predicted octanol–water partition coefficient (Wildman–Crippen LogP) is 12.1. The van der Waals surface area contributed by atoms with Crippen LogP contribution >= 0.6 is 33.1 Å². The Labute approximate surface area is 581 Å². The molecule has 10 aromatic rings. The van der Waals surface area contributed by atoms with E-state index in [2.05, 4.69) is 0 Å². The van der Waals surface area contributed by atoms with Gasteiger partial charge in [-0.2, -0.15) is 0 Å². The van der Waals surface area contributed by atoms with E-state index in [4.69, 9.17) is 57.4 Å². The third-order valence-corrected chi connectivity index (χ3v) is 17.7. The highest BCUT2D eigenvalue weighted by Gasteiger charge is 2.58. The number of ether oxygens (including phenoxy) is 10. The van der Waals surface area contributed by atoms with Gasteiger partial charge in [0.25, 0.3) is 0 Å². The van der Waals surface area contributed by atoms with Crippen molar-refractivity contribution < 1.29 is 80.9 Å². The van der Waals surface area contributed by atoms with Crippen LogP contribution in [0, 0.1) is 6.92 Å². The highest BCUT2D eigenvalue weighted by molar-refractivity contribution is 7.67. The van der Waals surface area contributed by atoms with E-state index in [1.165, 1.54) is 106 Å². The average Bonchev–Trinajstić information content (AvgIpc) is 1.29. The molecule has 10 atom stereocenters. The summed E-state index contributed by atoms with van der Waals surface area (Å²) in [5.74, 6) is -6.59. The van der Waals surface area contributed by atoms with Crippen LogP contribution in [0.25, 0.3) is 5.69 Å². The maximum Gasteiger partial charge on any atom is 0.338 e. The number of rotatable bonds is 21. The monoisotopic (exact) mass is 1390 g/mol. The summed E-state index contributed by atoms with van der Waals surface area (Å²) in [6, 6.07) is 72.1. The van der Waals surface area contributed by atoms with Crippen LogP contribution in [0.5, 0.6) is 0 Å². The van der Waals surface area contributed by atoms with Crippen molar-refractivity contribution in [3.8, 4) is 5.69 Å². The number of esters is 7. The molecule has 99 heavy (non-hydrogen) atoms. The Bertz CT molecular complexity index is 4520. The number of hydrogen-bond acceptors (Lipinski definition) is 21. The molecule has 0 radical (unpaired) electrons. The molecule has 12 rings (SSSR count). The minimum absolute atomic E-state index is 0. The van der Waals surface area contributed by atoms with Crippen molar-refractivity contribution in [2.45, 2.75) is 68.3 Å². The Balaban J connectivity index is 0.00000990. The van der Waals surface area contributed by atoms with Gasteiger partial charge in [0.15, 0.2) is 43.0 Å². The highest BCUT2D eigenvalue weighted by atomic mass is 35.5. The number of aryl methyl sites for hydroxylation is 1. The smallest absolute Gasteiger partial charge is 0.338 e. The molecule has 20 nitrogen and oxygen atoms in total. The quantitative estimate of drug-likeness (QED) is 0.0369. The molecular weight excluding hydrogens is 1330 g/mol. The van der Waals surface area contributed by atoms with Crippen LogP contribution in [0.3, 0.4) is 0 Å². The maximum absolute atomic E-state index is 15.1. The lowest BCUT2D eigenvalue weighted by Gasteiger charge is -2.48. The number of carbonyl (C=O) groups excluding carboxylic acids is 7. The zero-order chi connectivity index (χ0) is 67.7. The zero-order valence-corrected chi connectivity index (χ0v) is 55.0. The molecule has 3 heterocycles. The van der Waals surface area contributed by atoms with Gasteiger partial charge >= 0.3 is 41.8 Å². The van der Waals surface area contributed by atoms with Gasteiger partial charge in [0.05, 0.1) is 50.3 Å². The van der Waals surface area contributed by atoms with Crippen molar-refractivity contribution in [2.75, 3.05) is 13.2 Å². The van der Waals surface area contributed by atoms with Crippen LogP contribution < -0.4 is 9.60 Å². The third kappa shape index (κ3) is 17.4. The van der Waals surface area contributed by atoms with E-state index >= 15 is 4.79 Å². The lowest BCUT2D eigenvalue weighted by atomic mass is 9.95. The number of hydrogen-bond donors (Lipinski definition) is 0. The van der Waals surface area contributed by atoms with E-state index in [1.807, 2.05) is 61.5 Å². The summed E-state index contributed by atoms with van der Waals surface area (Å²) in [5, 5.41) is 0. The van der Waals surface area contributed by atoms with Gasteiger partial charge in [0.2, 0.25) is 9.60 Å². The molecule has 0 bridgehead atoms. The van der Waals surface area contributed by atoms with E-state index in [9.17, 15) is 28.8 Å². The van der Waals surface area contributed by atoms with Gasteiger partial charge in [-0.15, -0.1) is 12.4 Å². The van der Waals surface area contributed by atoms with E-state index in [0.717, 1.165) is 5.56 Å². The van der Waals surface area contributed by atoms with Crippen LogP contribution in [0.2, 0.25) is 0 Å². The number of nitrogens with zero attached hydrogens (tertiary/aromatic N) is 3. The summed E-state index contributed by atoms with van der Waals surface area (Å²) < 4.78 is 67.6.